The first-order valence-electron chi connectivity index (χ1n) is 18.6. The van der Waals surface area contributed by atoms with Crippen LogP contribution in [0.25, 0.3) is 55.6 Å². The van der Waals surface area contributed by atoms with E-state index in [1.165, 1.54) is 12.7 Å². The van der Waals surface area contributed by atoms with Crippen LogP contribution in [0.1, 0.15) is 20.8 Å². The highest BCUT2D eigenvalue weighted by molar-refractivity contribution is 6.08. The molecule has 57 heavy (non-hydrogen) atoms. The third kappa shape index (κ3) is 7.48. The fourth-order valence-corrected chi connectivity index (χ4v) is 7.03. The molecule has 9 aromatic rings. The molecule has 0 aliphatic rings. The summed E-state index contributed by atoms with van der Waals surface area (Å²) in [5.74, 6) is 4.13. The molecular formula is C47H42N8O2. The maximum absolute atomic E-state index is 6.44. The lowest BCUT2D eigenvalue weighted by atomic mass is 9.98. The summed E-state index contributed by atoms with van der Waals surface area (Å²) in [6.07, 6.45) is 5.04. The van der Waals surface area contributed by atoms with Crippen LogP contribution < -0.4 is 20.9 Å². The molecule has 10 heteroatoms. The fraction of sp³-hybridized carbons (Fsp3) is 0.106. The number of aromatic nitrogens is 6. The summed E-state index contributed by atoms with van der Waals surface area (Å²) < 4.78 is 16.0. The van der Waals surface area contributed by atoms with Crippen LogP contribution in [-0.4, -0.2) is 29.1 Å². The number of benzene rings is 5. The first kappa shape index (κ1) is 36.5. The largest absolute Gasteiger partial charge is 0.457 e. The lowest BCUT2D eigenvalue weighted by Crippen LogP contribution is -2.23. The number of aryl methyl sites for hydroxylation is 1. The molecule has 0 fully saturated rings. The summed E-state index contributed by atoms with van der Waals surface area (Å²) >= 11 is 0. The minimum atomic E-state index is -0.223. The van der Waals surface area contributed by atoms with Crippen molar-refractivity contribution >= 4 is 33.7 Å². The van der Waals surface area contributed by atoms with Crippen molar-refractivity contribution < 1.29 is 9.47 Å². The van der Waals surface area contributed by atoms with Gasteiger partial charge in [-0.05, 0) is 86.0 Å². The van der Waals surface area contributed by atoms with Gasteiger partial charge in [-0.2, -0.15) is 0 Å². The Morgan fingerprint density at radius 1 is 0.491 bits per heavy atom. The minimum Gasteiger partial charge on any atom is -0.457 e. The number of nitrogen functional groups attached to an aromatic ring is 2. The second-order valence-corrected chi connectivity index (χ2v) is 14.5. The van der Waals surface area contributed by atoms with Crippen molar-refractivity contribution in [2.75, 3.05) is 11.5 Å². The summed E-state index contributed by atoms with van der Waals surface area (Å²) in [4.78, 5) is 17.4. The van der Waals surface area contributed by atoms with Crippen LogP contribution in [0.2, 0.25) is 0 Å². The monoisotopic (exact) mass is 750 g/mol. The van der Waals surface area contributed by atoms with Crippen molar-refractivity contribution in [3.63, 3.8) is 0 Å². The number of anilines is 2. The lowest BCUT2D eigenvalue weighted by Gasteiger charge is -2.26. The Morgan fingerprint density at radius 2 is 0.947 bits per heavy atom. The zero-order valence-electron chi connectivity index (χ0n) is 32.2. The average Bonchev–Trinajstić information content (AvgIpc) is 3.77. The van der Waals surface area contributed by atoms with Gasteiger partial charge in [0.1, 0.15) is 58.6 Å². The van der Waals surface area contributed by atoms with Gasteiger partial charge < -0.3 is 30.1 Å². The highest BCUT2D eigenvalue weighted by Crippen LogP contribution is 2.45. The van der Waals surface area contributed by atoms with Crippen LogP contribution in [-0.2, 0) is 12.6 Å². The van der Waals surface area contributed by atoms with Gasteiger partial charge in [-0.3, -0.25) is 0 Å². The van der Waals surface area contributed by atoms with E-state index in [1.807, 2.05) is 121 Å². The molecule has 0 bridgehead atoms. The number of rotatable bonds is 7. The normalized spacial score (nSPS) is 11.3. The van der Waals surface area contributed by atoms with Crippen molar-refractivity contribution in [2.24, 2.45) is 7.05 Å². The highest BCUT2D eigenvalue weighted by Gasteiger charge is 2.29. The van der Waals surface area contributed by atoms with Crippen LogP contribution in [0, 0.1) is 0 Å². The lowest BCUT2D eigenvalue weighted by molar-refractivity contribution is 0.413. The van der Waals surface area contributed by atoms with E-state index in [4.69, 9.17) is 20.9 Å². The molecule has 0 aliphatic carbocycles. The summed E-state index contributed by atoms with van der Waals surface area (Å²) in [7, 11) is 1.95. The van der Waals surface area contributed by atoms with Crippen LogP contribution in [0.4, 0.5) is 11.6 Å². The Labute approximate surface area is 331 Å². The Hall–Kier alpha value is -7.46. The molecule has 4 N–H and O–H groups in total. The fourth-order valence-electron chi connectivity index (χ4n) is 7.03. The quantitative estimate of drug-likeness (QED) is 0.164. The number of nitrogens with zero attached hydrogens (tertiary/aromatic N) is 6. The zero-order valence-corrected chi connectivity index (χ0v) is 32.2. The predicted octanol–water partition coefficient (Wildman–Crippen LogP) is 10.9. The van der Waals surface area contributed by atoms with Gasteiger partial charge in [0.15, 0.2) is 0 Å². The summed E-state index contributed by atoms with van der Waals surface area (Å²) in [6, 6.07) is 45.9. The van der Waals surface area contributed by atoms with Gasteiger partial charge in [-0.25, -0.2) is 19.9 Å². The third-order valence-corrected chi connectivity index (χ3v) is 9.55. The number of fused-ring (bicyclic) bond motifs is 2. The molecule has 0 spiro atoms. The number of ether oxygens (including phenoxy) is 2. The van der Waals surface area contributed by atoms with Crippen LogP contribution in [0.15, 0.2) is 158 Å². The van der Waals surface area contributed by atoms with Gasteiger partial charge in [0.2, 0.25) is 0 Å². The molecule has 5 aromatic carbocycles. The number of hydrogen-bond acceptors (Lipinski definition) is 8. The van der Waals surface area contributed by atoms with E-state index >= 15 is 0 Å². The molecule has 282 valence electrons. The first-order valence-corrected chi connectivity index (χ1v) is 18.6. The van der Waals surface area contributed by atoms with Crippen molar-refractivity contribution in [1.82, 2.24) is 29.1 Å². The Bertz CT molecular complexity index is 2780. The molecule has 0 unspecified atom stereocenters. The molecular weight excluding hydrogens is 709 g/mol. The van der Waals surface area contributed by atoms with E-state index < -0.39 is 0 Å². The molecule has 0 aliphatic heterocycles. The van der Waals surface area contributed by atoms with E-state index in [-0.39, 0.29) is 5.54 Å². The SMILES string of the molecule is CC(C)(C)n1c(-c2ccccc2)c(-c2ccc(Oc3ccccc3)cc2)c2c(N)ncnc21.Cn1cc(-c2ccc(Oc3ccccc3)cc2)c2c(N)ncnc21. The molecule has 0 saturated heterocycles. The number of hydrogen-bond donors (Lipinski definition) is 2. The molecule has 9 rings (SSSR count). The Morgan fingerprint density at radius 3 is 1.47 bits per heavy atom. The Kier molecular flexibility index (Phi) is 9.83. The standard InChI is InChI=1S/C28H26N4O.C19H16N4O/c1-28(2,3)32-25(20-10-6-4-7-11-20)23(24-26(29)30-18-31-27(24)32)19-14-16-22(17-15-19)33-21-12-8-5-9-13-21;1-23-11-16(17-18(20)21-12-22-19(17)23)13-7-9-15(10-8-13)24-14-5-3-2-4-6-14/h4-18H,1-3H3,(H2,29,30,31);2-12H,1H3,(H2,20,21,22). The van der Waals surface area contributed by atoms with E-state index in [1.54, 1.807) is 0 Å². The van der Waals surface area contributed by atoms with Gasteiger partial charge in [0, 0.05) is 29.9 Å². The molecule has 0 amide bonds. The third-order valence-electron chi connectivity index (χ3n) is 9.55. The maximum Gasteiger partial charge on any atom is 0.147 e. The van der Waals surface area contributed by atoms with Crippen molar-refractivity contribution in [2.45, 2.75) is 26.3 Å². The summed E-state index contributed by atoms with van der Waals surface area (Å²) in [5.41, 5.74) is 20.2. The van der Waals surface area contributed by atoms with Crippen LogP contribution >= 0.6 is 0 Å². The van der Waals surface area contributed by atoms with Crippen LogP contribution in [0.5, 0.6) is 23.0 Å². The molecule has 4 heterocycles. The molecule has 10 nitrogen and oxygen atoms in total. The van der Waals surface area contributed by atoms with Gasteiger partial charge in [0.05, 0.1) is 16.5 Å². The van der Waals surface area contributed by atoms with E-state index in [0.717, 1.165) is 78.6 Å². The van der Waals surface area contributed by atoms with Gasteiger partial charge in [0.25, 0.3) is 0 Å². The Balaban J connectivity index is 0.000000168. The van der Waals surface area contributed by atoms with Gasteiger partial charge in [-0.1, -0.05) is 91.0 Å². The maximum atomic E-state index is 6.44. The van der Waals surface area contributed by atoms with Crippen LogP contribution in [0.3, 0.4) is 0 Å². The second-order valence-electron chi connectivity index (χ2n) is 14.5. The zero-order chi connectivity index (χ0) is 39.5. The van der Waals surface area contributed by atoms with E-state index in [2.05, 4.69) is 81.7 Å². The topological polar surface area (TPSA) is 132 Å². The van der Waals surface area contributed by atoms with E-state index in [0.29, 0.717) is 11.6 Å². The molecule has 0 saturated carbocycles. The van der Waals surface area contributed by atoms with Gasteiger partial charge in [-0.15, -0.1) is 0 Å². The van der Waals surface area contributed by atoms with Crippen molar-refractivity contribution in [3.05, 3.63) is 158 Å². The predicted molar refractivity (Wildman–Crippen MR) is 229 cm³/mol. The second kappa shape index (κ2) is 15.3. The molecule has 4 aromatic heterocycles. The first-order chi connectivity index (χ1) is 27.7. The summed E-state index contributed by atoms with van der Waals surface area (Å²) in [6.45, 7) is 6.53. The summed E-state index contributed by atoms with van der Waals surface area (Å²) in [5, 5.41) is 1.74. The highest BCUT2D eigenvalue weighted by atomic mass is 16.5. The molecule has 0 atom stereocenters. The van der Waals surface area contributed by atoms with Crippen molar-refractivity contribution in [3.8, 4) is 56.5 Å². The smallest absolute Gasteiger partial charge is 0.147 e. The van der Waals surface area contributed by atoms with Crippen molar-refractivity contribution in [1.29, 1.82) is 0 Å². The minimum absolute atomic E-state index is 0.223. The van der Waals surface area contributed by atoms with Gasteiger partial charge >= 0.3 is 0 Å². The average molecular weight is 751 g/mol. The van der Waals surface area contributed by atoms with E-state index in [9.17, 15) is 0 Å². The molecule has 0 radical (unpaired) electrons. The number of nitrogens with two attached hydrogens (primary N) is 2. The number of para-hydroxylation sites is 2.